The van der Waals surface area contributed by atoms with Crippen LogP contribution in [-0.4, -0.2) is 54.8 Å². The first-order valence-corrected chi connectivity index (χ1v) is 6.39. The van der Waals surface area contributed by atoms with Crippen LogP contribution in [0, 0.1) is 0 Å². The number of nitrogens with zero attached hydrogens (tertiary/aromatic N) is 2. The minimum atomic E-state index is 0.115. The molecule has 0 aromatic carbocycles. The lowest BCUT2D eigenvalue weighted by Crippen LogP contribution is -2.51. The molecule has 2 rings (SSSR count). The molecule has 0 radical (unpaired) electrons. The molecule has 0 aliphatic carbocycles. The maximum Gasteiger partial charge on any atom is 0.270 e. The Balaban J connectivity index is 2.05. The highest BCUT2D eigenvalue weighted by molar-refractivity contribution is 5.92. The van der Waals surface area contributed by atoms with Crippen molar-refractivity contribution in [3.05, 3.63) is 24.0 Å². The summed E-state index contributed by atoms with van der Waals surface area (Å²) in [7, 11) is 1.67. The molecule has 1 fully saturated rings. The summed E-state index contributed by atoms with van der Waals surface area (Å²) in [6.07, 6.45) is 1.93. The third-order valence-electron chi connectivity index (χ3n) is 3.24. The Hall–Kier alpha value is -1.33. The highest BCUT2D eigenvalue weighted by atomic mass is 16.5. The molecular formula is C13H21N3O2. The highest BCUT2D eigenvalue weighted by Gasteiger charge is 2.23. The summed E-state index contributed by atoms with van der Waals surface area (Å²) in [5.41, 5.74) is 0.751. The lowest BCUT2D eigenvalue weighted by molar-refractivity contribution is 0.0695. The molecule has 0 saturated carbocycles. The maximum atomic E-state index is 12.4. The van der Waals surface area contributed by atoms with Gasteiger partial charge in [0.1, 0.15) is 5.69 Å². The SMILES string of the molecule is COCCn1cccc1C(=O)N1CCN[C@@H](C)C1. The van der Waals surface area contributed by atoms with Crippen molar-refractivity contribution in [2.24, 2.45) is 0 Å². The molecule has 0 spiro atoms. The van der Waals surface area contributed by atoms with E-state index in [1.807, 2.05) is 27.8 Å². The number of methoxy groups -OCH3 is 1. The third-order valence-corrected chi connectivity index (χ3v) is 3.24. The molecule has 1 N–H and O–H groups in total. The summed E-state index contributed by atoms with van der Waals surface area (Å²) >= 11 is 0. The Kier molecular flexibility index (Phi) is 4.38. The topological polar surface area (TPSA) is 46.5 Å². The van der Waals surface area contributed by atoms with Crippen molar-refractivity contribution >= 4 is 5.91 Å². The van der Waals surface area contributed by atoms with Crippen LogP contribution >= 0.6 is 0 Å². The van der Waals surface area contributed by atoms with E-state index >= 15 is 0 Å². The molecule has 5 nitrogen and oxygen atoms in total. The Morgan fingerprint density at radius 1 is 1.61 bits per heavy atom. The second kappa shape index (κ2) is 6.02. The summed E-state index contributed by atoms with van der Waals surface area (Å²) in [5.74, 6) is 0.115. The van der Waals surface area contributed by atoms with Gasteiger partial charge in [0.15, 0.2) is 0 Å². The van der Waals surface area contributed by atoms with Gasteiger partial charge in [-0.1, -0.05) is 0 Å². The standard InChI is InChI=1S/C13H21N3O2/c1-11-10-16(7-5-14-11)13(17)12-4-3-6-15(12)8-9-18-2/h3-4,6,11,14H,5,7-10H2,1-2H3/t11-/m0/s1. The Labute approximate surface area is 108 Å². The summed E-state index contributed by atoms with van der Waals surface area (Å²) in [6.45, 7) is 5.85. The van der Waals surface area contributed by atoms with Crippen LogP contribution in [0.2, 0.25) is 0 Å². The van der Waals surface area contributed by atoms with E-state index in [2.05, 4.69) is 12.2 Å². The number of hydrogen-bond acceptors (Lipinski definition) is 3. The van der Waals surface area contributed by atoms with Crippen molar-refractivity contribution in [2.75, 3.05) is 33.4 Å². The number of rotatable bonds is 4. The van der Waals surface area contributed by atoms with Crippen LogP contribution in [0.15, 0.2) is 18.3 Å². The molecule has 1 aromatic heterocycles. The summed E-state index contributed by atoms with van der Waals surface area (Å²) in [6, 6.07) is 4.16. The number of ether oxygens (including phenoxy) is 1. The first kappa shape index (κ1) is 13.1. The van der Waals surface area contributed by atoms with E-state index in [-0.39, 0.29) is 5.91 Å². The second-order valence-corrected chi connectivity index (χ2v) is 4.69. The third kappa shape index (κ3) is 2.91. The molecule has 1 aromatic rings. The van der Waals surface area contributed by atoms with E-state index in [9.17, 15) is 4.79 Å². The van der Waals surface area contributed by atoms with Crippen molar-refractivity contribution in [3.63, 3.8) is 0 Å². The highest BCUT2D eigenvalue weighted by Crippen LogP contribution is 2.09. The van der Waals surface area contributed by atoms with Gasteiger partial charge in [0.05, 0.1) is 6.61 Å². The average molecular weight is 251 g/mol. The van der Waals surface area contributed by atoms with Gasteiger partial charge in [-0.05, 0) is 19.1 Å². The Bertz CT molecular complexity index is 403. The van der Waals surface area contributed by atoms with Gasteiger partial charge in [0.2, 0.25) is 0 Å². The van der Waals surface area contributed by atoms with Crippen LogP contribution in [0.4, 0.5) is 0 Å². The summed E-state index contributed by atoms with van der Waals surface area (Å²) < 4.78 is 7.01. The molecule has 0 unspecified atom stereocenters. The zero-order valence-corrected chi connectivity index (χ0v) is 11.1. The lowest BCUT2D eigenvalue weighted by atomic mass is 10.2. The predicted molar refractivity (Wildman–Crippen MR) is 69.7 cm³/mol. The molecule has 5 heteroatoms. The first-order valence-electron chi connectivity index (χ1n) is 6.39. The van der Waals surface area contributed by atoms with Crippen LogP contribution in [-0.2, 0) is 11.3 Å². The van der Waals surface area contributed by atoms with Crippen LogP contribution < -0.4 is 5.32 Å². The largest absolute Gasteiger partial charge is 0.383 e. The van der Waals surface area contributed by atoms with Crippen LogP contribution in [0.1, 0.15) is 17.4 Å². The van der Waals surface area contributed by atoms with Crippen molar-refractivity contribution in [1.82, 2.24) is 14.8 Å². The Morgan fingerprint density at radius 3 is 3.17 bits per heavy atom. The number of amides is 1. The Morgan fingerprint density at radius 2 is 2.44 bits per heavy atom. The van der Waals surface area contributed by atoms with E-state index in [0.29, 0.717) is 19.2 Å². The lowest BCUT2D eigenvalue weighted by Gasteiger charge is -2.32. The van der Waals surface area contributed by atoms with E-state index in [4.69, 9.17) is 4.74 Å². The number of aromatic nitrogens is 1. The molecule has 1 aliphatic rings. The van der Waals surface area contributed by atoms with E-state index < -0.39 is 0 Å². The monoisotopic (exact) mass is 251 g/mol. The zero-order chi connectivity index (χ0) is 13.0. The van der Waals surface area contributed by atoms with Crippen LogP contribution in [0.5, 0.6) is 0 Å². The number of carbonyl (C=O) groups is 1. The molecule has 1 saturated heterocycles. The van der Waals surface area contributed by atoms with Gasteiger partial charge in [0.25, 0.3) is 5.91 Å². The van der Waals surface area contributed by atoms with Crippen molar-refractivity contribution in [1.29, 1.82) is 0 Å². The van der Waals surface area contributed by atoms with Gasteiger partial charge >= 0.3 is 0 Å². The number of hydrogen-bond donors (Lipinski definition) is 1. The molecule has 100 valence electrons. The van der Waals surface area contributed by atoms with Gasteiger partial charge in [-0.3, -0.25) is 4.79 Å². The normalized spacial score (nSPS) is 20.1. The molecule has 2 heterocycles. The fraction of sp³-hybridized carbons (Fsp3) is 0.615. The quantitative estimate of drug-likeness (QED) is 0.851. The van der Waals surface area contributed by atoms with Gasteiger partial charge in [-0.25, -0.2) is 0 Å². The van der Waals surface area contributed by atoms with Crippen molar-refractivity contribution in [2.45, 2.75) is 19.5 Å². The first-order chi connectivity index (χ1) is 8.72. The maximum absolute atomic E-state index is 12.4. The molecule has 1 atom stereocenters. The predicted octanol–water partition coefficient (Wildman–Crippen LogP) is 0.568. The van der Waals surface area contributed by atoms with Crippen LogP contribution in [0.25, 0.3) is 0 Å². The summed E-state index contributed by atoms with van der Waals surface area (Å²) in [4.78, 5) is 14.3. The van der Waals surface area contributed by atoms with Gasteiger partial charge in [-0.2, -0.15) is 0 Å². The van der Waals surface area contributed by atoms with Gasteiger partial charge in [0, 0.05) is 45.5 Å². The molecule has 1 amide bonds. The number of carbonyl (C=O) groups excluding carboxylic acids is 1. The average Bonchev–Trinajstić information content (AvgIpc) is 2.83. The number of nitrogens with one attached hydrogen (secondary N) is 1. The van der Waals surface area contributed by atoms with E-state index in [1.54, 1.807) is 7.11 Å². The van der Waals surface area contributed by atoms with Crippen molar-refractivity contribution in [3.8, 4) is 0 Å². The van der Waals surface area contributed by atoms with E-state index in [1.165, 1.54) is 0 Å². The zero-order valence-electron chi connectivity index (χ0n) is 11.1. The van der Waals surface area contributed by atoms with Gasteiger partial charge < -0.3 is 19.5 Å². The van der Waals surface area contributed by atoms with Gasteiger partial charge in [-0.15, -0.1) is 0 Å². The minimum Gasteiger partial charge on any atom is -0.383 e. The molecule has 18 heavy (non-hydrogen) atoms. The minimum absolute atomic E-state index is 0.115. The van der Waals surface area contributed by atoms with Crippen LogP contribution in [0.3, 0.4) is 0 Å². The molecule has 0 bridgehead atoms. The van der Waals surface area contributed by atoms with Crippen molar-refractivity contribution < 1.29 is 9.53 Å². The molecular weight excluding hydrogens is 230 g/mol. The fourth-order valence-corrected chi connectivity index (χ4v) is 2.27. The summed E-state index contributed by atoms with van der Waals surface area (Å²) in [5, 5.41) is 3.34. The number of piperazine rings is 1. The fourth-order valence-electron chi connectivity index (χ4n) is 2.27. The second-order valence-electron chi connectivity index (χ2n) is 4.69. The molecule has 1 aliphatic heterocycles. The van der Waals surface area contributed by atoms with E-state index in [0.717, 1.165) is 25.3 Å². The smallest absolute Gasteiger partial charge is 0.270 e.